The quantitative estimate of drug-likeness (QED) is 0.383. The molecule has 0 saturated heterocycles. The van der Waals surface area contributed by atoms with Gasteiger partial charge in [-0.2, -0.15) is 4.98 Å². The van der Waals surface area contributed by atoms with E-state index in [9.17, 15) is 9.59 Å². The molecule has 0 spiro atoms. The zero-order valence-electron chi connectivity index (χ0n) is 16.1. The maximum absolute atomic E-state index is 12.7. The van der Waals surface area contributed by atoms with Crippen molar-refractivity contribution in [3.05, 3.63) is 74.2 Å². The Bertz CT molecular complexity index is 1390. The van der Waals surface area contributed by atoms with Gasteiger partial charge in [0.1, 0.15) is 11.3 Å². The van der Waals surface area contributed by atoms with E-state index in [1.165, 1.54) is 22.2 Å². The molecule has 8 heteroatoms. The minimum absolute atomic E-state index is 0.120. The van der Waals surface area contributed by atoms with Crippen LogP contribution in [0.15, 0.2) is 51.3 Å². The fourth-order valence-electron chi connectivity index (χ4n) is 3.62. The largest absolute Gasteiger partial charge is 0.302 e. The Morgan fingerprint density at radius 1 is 1.10 bits per heavy atom. The van der Waals surface area contributed by atoms with Crippen molar-refractivity contribution < 1.29 is 0 Å². The zero-order valence-corrected chi connectivity index (χ0v) is 16.9. The predicted molar refractivity (Wildman–Crippen MR) is 113 cm³/mol. The number of hydrogen-bond acceptors (Lipinski definition) is 6. The van der Waals surface area contributed by atoms with Crippen LogP contribution in [0.1, 0.15) is 35.8 Å². The SMILES string of the molecule is Cc1cc(C)c2c(=O)nc(SCc3cc(=O)n4ccccc4n3)n(C3CC3)c2n1. The van der Waals surface area contributed by atoms with E-state index in [1.54, 1.807) is 18.3 Å². The van der Waals surface area contributed by atoms with Crippen LogP contribution in [0.3, 0.4) is 0 Å². The molecule has 0 unspecified atom stereocenters. The smallest absolute Gasteiger partial charge is 0.283 e. The molecule has 0 aliphatic heterocycles. The van der Waals surface area contributed by atoms with E-state index < -0.39 is 0 Å². The van der Waals surface area contributed by atoms with Gasteiger partial charge >= 0.3 is 0 Å². The fraction of sp³-hybridized carbons (Fsp3) is 0.286. The molecule has 0 aromatic carbocycles. The Balaban J connectivity index is 1.58. The molecule has 4 aromatic rings. The van der Waals surface area contributed by atoms with Crippen molar-refractivity contribution in [1.82, 2.24) is 23.9 Å². The van der Waals surface area contributed by atoms with Crippen LogP contribution in [-0.2, 0) is 5.75 Å². The normalized spacial score (nSPS) is 14.0. The lowest BCUT2D eigenvalue weighted by molar-refractivity contribution is 0.646. The number of thioether (sulfide) groups is 1. The zero-order chi connectivity index (χ0) is 20.1. The number of aromatic nitrogens is 5. The van der Waals surface area contributed by atoms with Gasteiger partial charge < -0.3 is 4.57 Å². The van der Waals surface area contributed by atoms with Gasteiger partial charge in [-0.05, 0) is 50.5 Å². The molecule has 146 valence electrons. The Morgan fingerprint density at radius 3 is 2.72 bits per heavy atom. The Hall–Kier alpha value is -3.00. The maximum Gasteiger partial charge on any atom is 0.283 e. The topological polar surface area (TPSA) is 82.1 Å². The highest BCUT2D eigenvalue weighted by Gasteiger charge is 2.29. The lowest BCUT2D eigenvalue weighted by atomic mass is 10.2. The predicted octanol–water partition coefficient (Wildman–Crippen LogP) is 3.04. The van der Waals surface area contributed by atoms with Crippen LogP contribution in [0.2, 0.25) is 0 Å². The molecule has 0 N–H and O–H groups in total. The van der Waals surface area contributed by atoms with Crippen molar-refractivity contribution >= 4 is 28.4 Å². The van der Waals surface area contributed by atoms with Gasteiger partial charge in [-0.25, -0.2) is 9.97 Å². The number of fused-ring (bicyclic) bond motifs is 2. The Morgan fingerprint density at radius 2 is 1.93 bits per heavy atom. The van der Waals surface area contributed by atoms with E-state index in [-0.39, 0.29) is 11.1 Å². The van der Waals surface area contributed by atoms with Crippen LogP contribution in [0.25, 0.3) is 16.7 Å². The lowest BCUT2D eigenvalue weighted by Gasteiger charge is -2.15. The highest BCUT2D eigenvalue weighted by atomic mass is 32.2. The van der Waals surface area contributed by atoms with Crippen LogP contribution in [-0.4, -0.2) is 23.9 Å². The highest BCUT2D eigenvalue weighted by molar-refractivity contribution is 7.98. The van der Waals surface area contributed by atoms with Crippen molar-refractivity contribution in [1.29, 1.82) is 0 Å². The summed E-state index contributed by atoms with van der Waals surface area (Å²) in [5, 5.41) is 1.23. The molecule has 29 heavy (non-hydrogen) atoms. The van der Waals surface area contributed by atoms with Gasteiger partial charge in [0.15, 0.2) is 5.16 Å². The summed E-state index contributed by atoms with van der Waals surface area (Å²) in [6, 6.07) is 9.23. The van der Waals surface area contributed by atoms with E-state index >= 15 is 0 Å². The Labute approximate surface area is 170 Å². The molecular formula is C21H19N5O2S. The molecule has 7 nitrogen and oxygen atoms in total. The fourth-order valence-corrected chi connectivity index (χ4v) is 4.57. The molecule has 0 radical (unpaired) electrons. The minimum atomic E-state index is -0.254. The van der Waals surface area contributed by atoms with Crippen LogP contribution < -0.4 is 11.1 Å². The van der Waals surface area contributed by atoms with Crippen molar-refractivity contribution in [3.63, 3.8) is 0 Å². The standard InChI is InChI=1S/C21H19N5O2S/c1-12-9-13(2)22-19-18(12)20(28)24-21(26(19)15-6-7-15)29-11-14-10-17(27)25-8-4-3-5-16(25)23-14/h3-5,8-10,15H,6-7,11H2,1-2H3. The monoisotopic (exact) mass is 405 g/mol. The van der Waals surface area contributed by atoms with Gasteiger partial charge in [0.25, 0.3) is 11.1 Å². The van der Waals surface area contributed by atoms with E-state index in [4.69, 9.17) is 0 Å². The number of rotatable bonds is 4. The first-order valence-corrected chi connectivity index (χ1v) is 10.5. The summed E-state index contributed by atoms with van der Waals surface area (Å²) in [4.78, 5) is 38.7. The summed E-state index contributed by atoms with van der Waals surface area (Å²) in [5.41, 5.74) is 3.39. The van der Waals surface area contributed by atoms with Gasteiger partial charge in [0, 0.05) is 29.8 Å². The average Bonchev–Trinajstić information content (AvgIpc) is 3.50. The third-order valence-corrected chi connectivity index (χ3v) is 6.04. The van der Waals surface area contributed by atoms with Gasteiger partial charge in [-0.3, -0.25) is 14.0 Å². The van der Waals surface area contributed by atoms with Crippen molar-refractivity contribution in [2.75, 3.05) is 0 Å². The number of hydrogen-bond donors (Lipinski definition) is 0. The summed E-state index contributed by atoms with van der Waals surface area (Å²) < 4.78 is 3.60. The number of nitrogens with zero attached hydrogens (tertiary/aromatic N) is 5. The van der Waals surface area contributed by atoms with Gasteiger partial charge in [0.2, 0.25) is 0 Å². The van der Waals surface area contributed by atoms with Gasteiger partial charge in [-0.15, -0.1) is 0 Å². The van der Waals surface area contributed by atoms with Gasteiger partial charge in [-0.1, -0.05) is 17.8 Å². The first kappa shape index (κ1) is 18.1. The molecule has 1 fully saturated rings. The van der Waals surface area contributed by atoms with Crippen LogP contribution in [0.5, 0.6) is 0 Å². The summed E-state index contributed by atoms with van der Waals surface area (Å²) in [6.45, 7) is 3.87. The van der Waals surface area contributed by atoms with E-state index in [0.29, 0.717) is 39.3 Å². The van der Waals surface area contributed by atoms with E-state index in [1.807, 2.05) is 26.0 Å². The maximum atomic E-state index is 12.7. The summed E-state index contributed by atoms with van der Waals surface area (Å²) in [7, 11) is 0. The third-order valence-electron chi connectivity index (χ3n) is 5.06. The van der Waals surface area contributed by atoms with Crippen molar-refractivity contribution in [2.45, 2.75) is 43.6 Å². The molecule has 0 amide bonds. The van der Waals surface area contributed by atoms with Crippen molar-refractivity contribution in [3.8, 4) is 0 Å². The van der Waals surface area contributed by atoms with Crippen LogP contribution in [0.4, 0.5) is 0 Å². The molecule has 0 atom stereocenters. The molecule has 1 saturated carbocycles. The number of aryl methyl sites for hydroxylation is 2. The minimum Gasteiger partial charge on any atom is -0.302 e. The molecule has 5 rings (SSSR count). The molecule has 4 aromatic heterocycles. The van der Waals surface area contributed by atoms with Crippen LogP contribution >= 0.6 is 11.8 Å². The second-order valence-corrected chi connectivity index (χ2v) is 8.33. The average molecular weight is 405 g/mol. The second-order valence-electron chi connectivity index (χ2n) is 7.38. The van der Waals surface area contributed by atoms with Crippen molar-refractivity contribution in [2.24, 2.45) is 0 Å². The van der Waals surface area contributed by atoms with Crippen LogP contribution in [0, 0.1) is 13.8 Å². The first-order valence-electron chi connectivity index (χ1n) is 9.52. The highest BCUT2D eigenvalue weighted by Crippen LogP contribution is 2.40. The third kappa shape index (κ3) is 3.23. The molecule has 0 bridgehead atoms. The molecular weight excluding hydrogens is 386 g/mol. The van der Waals surface area contributed by atoms with E-state index in [0.717, 1.165) is 24.1 Å². The van der Waals surface area contributed by atoms with Gasteiger partial charge in [0.05, 0.1) is 11.1 Å². The Kier molecular flexibility index (Phi) is 4.24. The van der Waals surface area contributed by atoms with E-state index in [2.05, 4.69) is 19.5 Å². The summed E-state index contributed by atoms with van der Waals surface area (Å²) in [6.07, 6.45) is 3.81. The molecule has 4 heterocycles. The first-order chi connectivity index (χ1) is 14.0. The second kappa shape index (κ2) is 6.81. The summed E-state index contributed by atoms with van der Waals surface area (Å²) >= 11 is 1.43. The lowest BCUT2D eigenvalue weighted by Crippen LogP contribution is -2.18. The number of pyridine rings is 2. The summed E-state index contributed by atoms with van der Waals surface area (Å²) in [5.74, 6) is 0.454. The molecule has 1 aliphatic carbocycles. The molecule has 1 aliphatic rings.